The molecule has 0 aromatic heterocycles. The molecule has 0 unspecified atom stereocenters. The predicted octanol–water partition coefficient (Wildman–Crippen LogP) is -0.674. The first-order chi connectivity index (χ1) is 16.0. The number of ketones is 1. The summed E-state index contributed by atoms with van der Waals surface area (Å²) in [5.74, 6) is -0.655. The molecule has 186 valence electrons. The van der Waals surface area contributed by atoms with E-state index >= 15 is 0 Å². The fourth-order valence-electron chi connectivity index (χ4n) is 2.99. The molecule has 0 saturated carbocycles. The van der Waals surface area contributed by atoms with Gasteiger partial charge < -0.3 is 30.5 Å². The maximum absolute atomic E-state index is 12.1. The number of benzene rings is 1. The number of ether oxygens (including phenoxy) is 1. The van der Waals surface area contributed by atoms with Gasteiger partial charge in [-0.1, -0.05) is 6.07 Å². The Kier molecular flexibility index (Phi) is 15.7. The Morgan fingerprint density at radius 3 is 2.39 bits per heavy atom. The van der Waals surface area contributed by atoms with Crippen LogP contribution in [0.5, 0.6) is 0 Å². The number of carbonyl (C=O) groups is 3. The molecule has 0 heterocycles. The lowest BCUT2D eigenvalue weighted by Crippen LogP contribution is -2.35. The Morgan fingerprint density at radius 2 is 1.76 bits per heavy atom. The van der Waals surface area contributed by atoms with Gasteiger partial charge in [0.1, 0.15) is 6.61 Å². The molecule has 1 aromatic rings. The van der Waals surface area contributed by atoms with Crippen molar-refractivity contribution in [2.45, 2.75) is 26.1 Å². The molecule has 33 heavy (non-hydrogen) atoms. The SMILES string of the molecule is COOCCOCCN(CCCC(=O)NCCNCC(=O)C=O)c1cc(CO)cc(CO)c1. The normalized spacial score (nSPS) is 10.8. The van der Waals surface area contributed by atoms with Crippen LogP contribution in [0.3, 0.4) is 0 Å². The largest absolute Gasteiger partial charge is 0.392 e. The summed E-state index contributed by atoms with van der Waals surface area (Å²) in [5.41, 5.74) is 2.20. The van der Waals surface area contributed by atoms with E-state index in [2.05, 4.69) is 15.5 Å². The lowest BCUT2D eigenvalue weighted by molar-refractivity contribution is -0.277. The van der Waals surface area contributed by atoms with Crippen LogP contribution >= 0.6 is 0 Å². The van der Waals surface area contributed by atoms with Crippen LogP contribution in [0.4, 0.5) is 5.69 Å². The summed E-state index contributed by atoms with van der Waals surface area (Å²) in [6.07, 6.45) is 1.14. The van der Waals surface area contributed by atoms with Crippen LogP contribution in [0.25, 0.3) is 0 Å². The van der Waals surface area contributed by atoms with Crippen molar-refractivity contribution in [2.75, 3.05) is 64.6 Å². The summed E-state index contributed by atoms with van der Waals surface area (Å²) in [4.78, 5) is 44.5. The number of Topliss-reactive ketones (excluding diaryl/α,β-unsaturated/α-hetero) is 1. The van der Waals surface area contributed by atoms with Crippen molar-refractivity contribution in [3.63, 3.8) is 0 Å². The molecule has 0 atom stereocenters. The lowest BCUT2D eigenvalue weighted by Gasteiger charge is -2.26. The Labute approximate surface area is 193 Å². The van der Waals surface area contributed by atoms with Crippen molar-refractivity contribution in [1.82, 2.24) is 10.6 Å². The molecule has 0 aliphatic carbocycles. The second kappa shape index (κ2) is 18.1. The number of nitrogens with one attached hydrogen (secondary N) is 2. The first-order valence-corrected chi connectivity index (χ1v) is 10.8. The number of nitrogens with zero attached hydrogens (tertiary/aromatic N) is 1. The third-order valence-corrected chi connectivity index (χ3v) is 4.59. The number of rotatable bonds is 20. The molecular weight excluding hydrogens is 434 g/mol. The van der Waals surface area contributed by atoms with Crippen molar-refractivity contribution >= 4 is 23.7 Å². The lowest BCUT2D eigenvalue weighted by atomic mass is 10.1. The van der Waals surface area contributed by atoms with Gasteiger partial charge in [-0.25, -0.2) is 9.78 Å². The molecule has 0 radical (unpaired) electrons. The second-order valence-electron chi connectivity index (χ2n) is 7.13. The number of aldehydes is 1. The van der Waals surface area contributed by atoms with Crippen LogP contribution in [0.2, 0.25) is 0 Å². The third kappa shape index (κ3) is 13.0. The first kappa shape index (κ1) is 28.6. The zero-order chi connectivity index (χ0) is 24.3. The molecule has 4 N–H and O–H groups in total. The minimum absolute atomic E-state index is 0.0449. The van der Waals surface area contributed by atoms with Gasteiger partial charge in [0.15, 0.2) is 6.29 Å². The van der Waals surface area contributed by atoms with Crippen LogP contribution in [0, 0.1) is 0 Å². The molecule has 0 bridgehead atoms. The Balaban J connectivity index is 2.54. The van der Waals surface area contributed by atoms with Gasteiger partial charge in [0.25, 0.3) is 0 Å². The molecule has 1 amide bonds. The maximum atomic E-state index is 12.1. The Hall–Kier alpha value is -2.41. The molecule has 11 nitrogen and oxygen atoms in total. The van der Waals surface area contributed by atoms with Gasteiger partial charge in [-0.05, 0) is 29.7 Å². The van der Waals surface area contributed by atoms with E-state index in [-0.39, 0.29) is 32.0 Å². The van der Waals surface area contributed by atoms with Crippen molar-refractivity contribution in [3.8, 4) is 0 Å². The molecule has 0 aliphatic heterocycles. The fraction of sp³-hybridized carbons (Fsp3) is 0.591. The van der Waals surface area contributed by atoms with Crippen molar-refractivity contribution in [1.29, 1.82) is 0 Å². The van der Waals surface area contributed by atoms with Gasteiger partial charge >= 0.3 is 0 Å². The minimum Gasteiger partial charge on any atom is -0.392 e. The van der Waals surface area contributed by atoms with E-state index in [1.807, 2.05) is 17.0 Å². The quantitative estimate of drug-likeness (QED) is 0.0637. The average Bonchev–Trinajstić information content (AvgIpc) is 2.84. The van der Waals surface area contributed by atoms with E-state index in [1.165, 1.54) is 7.11 Å². The summed E-state index contributed by atoms with van der Waals surface area (Å²) in [7, 11) is 1.43. The van der Waals surface area contributed by atoms with E-state index in [4.69, 9.17) is 9.62 Å². The van der Waals surface area contributed by atoms with E-state index < -0.39 is 5.78 Å². The standard InChI is InChI=1S/C22H35N3O8/c1-31-33-10-9-32-8-7-25(20-12-18(15-26)11-19(13-20)16-27)6-2-3-22(30)24-5-4-23-14-21(29)17-28/h11-13,17,23,26-27H,2-10,14-16H2,1H3,(H,24,30). The van der Waals surface area contributed by atoms with E-state index in [0.717, 1.165) is 5.69 Å². The average molecular weight is 470 g/mol. The number of hydrogen-bond donors (Lipinski definition) is 4. The van der Waals surface area contributed by atoms with Crippen LogP contribution in [0.15, 0.2) is 18.2 Å². The monoisotopic (exact) mass is 469 g/mol. The molecular formula is C22H35N3O8. The molecule has 0 saturated heterocycles. The number of anilines is 1. The highest BCUT2D eigenvalue weighted by molar-refractivity contribution is 6.25. The van der Waals surface area contributed by atoms with Gasteiger partial charge in [0, 0.05) is 38.3 Å². The molecule has 0 spiro atoms. The highest BCUT2D eigenvalue weighted by Gasteiger charge is 2.11. The highest BCUT2D eigenvalue weighted by Crippen LogP contribution is 2.20. The van der Waals surface area contributed by atoms with Crippen LogP contribution in [-0.2, 0) is 42.1 Å². The Morgan fingerprint density at radius 1 is 1.03 bits per heavy atom. The Bertz CT molecular complexity index is 695. The number of amides is 1. The summed E-state index contributed by atoms with van der Waals surface area (Å²) in [6, 6.07) is 5.43. The van der Waals surface area contributed by atoms with Crippen LogP contribution in [0.1, 0.15) is 24.0 Å². The number of aliphatic hydroxyl groups is 2. The summed E-state index contributed by atoms with van der Waals surface area (Å²) < 4.78 is 5.55. The van der Waals surface area contributed by atoms with Crippen LogP contribution < -0.4 is 15.5 Å². The van der Waals surface area contributed by atoms with Gasteiger partial charge in [-0.15, -0.1) is 0 Å². The molecule has 11 heteroatoms. The zero-order valence-corrected chi connectivity index (χ0v) is 19.1. The molecule has 1 aromatic carbocycles. The maximum Gasteiger partial charge on any atom is 0.220 e. The molecule has 0 aliphatic rings. The summed E-state index contributed by atoms with van der Waals surface area (Å²) in [5, 5.41) is 24.6. The zero-order valence-electron chi connectivity index (χ0n) is 19.1. The van der Waals surface area contributed by atoms with Crippen molar-refractivity contribution in [3.05, 3.63) is 29.3 Å². The fourth-order valence-corrected chi connectivity index (χ4v) is 2.99. The first-order valence-electron chi connectivity index (χ1n) is 10.8. The molecule has 1 rings (SSSR count). The summed E-state index contributed by atoms with van der Waals surface area (Å²) in [6.45, 7) is 2.62. The van der Waals surface area contributed by atoms with Gasteiger partial charge in [-0.2, -0.15) is 0 Å². The number of carbonyl (C=O) groups excluding carboxylic acids is 3. The van der Waals surface area contributed by atoms with Crippen LogP contribution in [-0.4, -0.2) is 87.8 Å². The minimum atomic E-state index is -0.536. The number of aliphatic hydroxyl groups excluding tert-OH is 2. The highest BCUT2D eigenvalue weighted by atomic mass is 17.2. The van der Waals surface area contributed by atoms with Gasteiger partial charge in [-0.3, -0.25) is 14.4 Å². The van der Waals surface area contributed by atoms with Gasteiger partial charge in [0.2, 0.25) is 11.7 Å². The van der Waals surface area contributed by atoms with Crippen molar-refractivity contribution < 1.29 is 39.1 Å². The second-order valence-corrected chi connectivity index (χ2v) is 7.13. The third-order valence-electron chi connectivity index (χ3n) is 4.59. The van der Waals surface area contributed by atoms with Crippen molar-refractivity contribution in [2.24, 2.45) is 0 Å². The smallest absolute Gasteiger partial charge is 0.220 e. The molecule has 0 fully saturated rings. The van der Waals surface area contributed by atoms with E-state index in [0.29, 0.717) is 70.0 Å². The predicted molar refractivity (Wildman–Crippen MR) is 120 cm³/mol. The number of hydrogen-bond acceptors (Lipinski definition) is 10. The van der Waals surface area contributed by atoms with Gasteiger partial charge in [0.05, 0.1) is 40.1 Å². The summed E-state index contributed by atoms with van der Waals surface area (Å²) >= 11 is 0. The topological polar surface area (TPSA) is 147 Å². The van der Waals surface area contributed by atoms with E-state index in [9.17, 15) is 24.6 Å². The van der Waals surface area contributed by atoms with E-state index in [1.54, 1.807) is 6.07 Å².